The third-order valence-corrected chi connectivity index (χ3v) is 5.91. The number of hydrogen-bond acceptors (Lipinski definition) is 4. The van der Waals surface area contributed by atoms with Crippen molar-refractivity contribution in [1.82, 2.24) is 20.1 Å². The average molecular weight is 463 g/mol. The number of rotatable bonds is 11. The van der Waals surface area contributed by atoms with Crippen LogP contribution in [-0.4, -0.2) is 54.6 Å². The number of para-hydroxylation sites is 1. The first-order valence-corrected chi connectivity index (χ1v) is 11.8. The number of hydrogen-bond donors (Lipinski definition) is 2. The van der Waals surface area contributed by atoms with E-state index in [-0.39, 0.29) is 17.5 Å². The molecule has 0 aliphatic carbocycles. The Kier molecular flexibility index (Phi) is 8.87. The van der Waals surface area contributed by atoms with Gasteiger partial charge < -0.3 is 24.8 Å². The van der Waals surface area contributed by atoms with Crippen molar-refractivity contribution in [2.24, 2.45) is 0 Å². The van der Waals surface area contributed by atoms with Crippen molar-refractivity contribution in [2.45, 2.75) is 27.3 Å². The number of methoxy groups -OCH3 is 1. The van der Waals surface area contributed by atoms with E-state index in [2.05, 4.69) is 46.9 Å². The molecule has 2 N–H and O–H groups in total. The molecule has 0 spiro atoms. The summed E-state index contributed by atoms with van der Waals surface area (Å²) in [7, 11) is 1.57. The summed E-state index contributed by atoms with van der Waals surface area (Å²) in [6.07, 6.45) is 3.76. The number of nitrogens with one attached hydrogen (secondary N) is 2. The quantitative estimate of drug-likeness (QED) is 0.424. The van der Waals surface area contributed by atoms with Gasteiger partial charge in [0, 0.05) is 47.9 Å². The number of aryl methyl sites for hydroxylation is 1. The maximum Gasteiger partial charge on any atom is 0.267 e. The lowest BCUT2D eigenvalue weighted by molar-refractivity contribution is -0.117. The number of fused-ring (bicyclic) bond motifs is 1. The molecule has 0 fully saturated rings. The Labute approximate surface area is 201 Å². The molecule has 1 heterocycles. The van der Waals surface area contributed by atoms with E-state index in [1.807, 2.05) is 24.4 Å². The molecule has 1 aromatic heterocycles. The Hall–Kier alpha value is -3.58. The highest BCUT2D eigenvalue weighted by Gasteiger charge is 2.16. The fourth-order valence-electron chi connectivity index (χ4n) is 3.87. The van der Waals surface area contributed by atoms with Gasteiger partial charge in [-0.3, -0.25) is 9.59 Å². The minimum absolute atomic E-state index is 0.208. The van der Waals surface area contributed by atoms with Gasteiger partial charge in [0.15, 0.2) is 0 Å². The van der Waals surface area contributed by atoms with Crippen LogP contribution < -0.4 is 15.4 Å². The standard InChI is InChI=1S/C27H34N4O3/c1-5-30(6-2)17-16-28-27(33)24(29-26(32)20-12-14-22(34-4)15-13-20)18-21-19-31(7-3)25-11-9-8-10-23(21)25/h8-15,18-19H,5-7,16-17H2,1-4H3,(H,28,33)(H,29,32)/b24-18-. The van der Waals surface area contributed by atoms with Gasteiger partial charge in [0.25, 0.3) is 11.8 Å². The number of likely N-dealkylation sites (N-methyl/N-ethyl adjacent to an activating group) is 1. The van der Waals surface area contributed by atoms with Gasteiger partial charge in [0.2, 0.25) is 0 Å². The lowest BCUT2D eigenvalue weighted by Crippen LogP contribution is -2.39. The van der Waals surface area contributed by atoms with Gasteiger partial charge in [-0.15, -0.1) is 0 Å². The summed E-state index contributed by atoms with van der Waals surface area (Å²) >= 11 is 0. The molecule has 3 rings (SSSR count). The summed E-state index contributed by atoms with van der Waals surface area (Å²) in [6.45, 7) is 10.1. The molecular weight excluding hydrogens is 428 g/mol. The summed E-state index contributed by atoms with van der Waals surface area (Å²) in [5.74, 6) is -0.0109. The Morgan fingerprint density at radius 2 is 1.74 bits per heavy atom. The van der Waals surface area contributed by atoms with E-state index in [1.165, 1.54) is 0 Å². The van der Waals surface area contributed by atoms with Crippen molar-refractivity contribution in [3.05, 3.63) is 71.6 Å². The third kappa shape index (κ3) is 6.05. The Bertz CT molecular complexity index is 1140. The van der Waals surface area contributed by atoms with Crippen molar-refractivity contribution in [3.63, 3.8) is 0 Å². The smallest absolute Gasteiger partial charge is 0.267 e. The van der Waals surface area contributed by atoms with Crippen LogP contribution >= 0.6 is 0 Å². The zero-order valence-electron chi connectivity index (χ0n) is 20.4. The van der Waals surface area contributed by atoms with Gasteiger partial charge in [-0.1, -0.05) is 32.0 Å². The first-order chi connectivity index (χ1) is 16.5. The molecule has 0 aliphatic rings. The largest absolute Gasteiger partial charge is 0.497 e. The number of carbonyl (C=O) groups is 2. The van der Waals surface area contributed by atoms with E-state index in [1.54, 1.807) is 37.5 Å². The predicted octanol–water partition coefficient (Wildman–Crippen LogP) is 3.90. The first-order valence-electron chi connectivity index (χ1n) is 11.8. The first kappa shape index (κ1) is 25.1. The van der Waals surface area contributed by atoms with Gasteiger partial charge >= 0.3 is 0 Å². The molecule has 180 valence electrons. The fraction of sp³-hybridized carbons (Fsp3) is 0.333. The second kappa shape index (κ2) is 12.0. The fourth-order valence-corrected chi connectivity index (χ4v) is 3.87. The van der Waals surface area contributed by atoms with Crippen LogP contribution in [0, 0.1) is 0 Å². The van der Waals surface area contributed by atoms with Crippen LogP contribution in [-0.2, 0) is 11.3 Å². The number of benzene rings is 2. The lowest BCUT2D eigenvalue weighted by atomic mass is 10.1. The van der Waals surface area contributed by atoms with Crippen LogP contribution in [0.4, 0.5) is 0 Å². The van der Waals surface area contributed by atoms with Crippen molar-refractivity contribution in [3.8, 4) is 5.75 Å². The maximum atomic E-state index is 13.1. The Morgan fingerprint density at radius 3 is 2.38 bits per heavy atom. The summed E-state index contributed by atoms with van der Waals surface area (Å²) in [6, 6.07) is 14.8. The molecule has 7 nitrogen and oxygen atoms in total. The maximum absolute atomic E-state index is 13.1. The minimum atomic E-state index is -0.355. The molecule has 34 heavy (non-hydrogen) atoms. The molecule has 0 unspecified atom stereocenters. The molecule has 0 saturated carbocycles. The molecule has 2 amide bonds. The van der Waals surface area contributed by atoms with Crippen molar-refractivity contribution < 1.29 is 14.3 Å². The average Bonchev–Trinajstić information content (AvgIpc) is 3.23. The van der Waals surface area contributed by atoms with Gasteiger partial charge in [-0.05, 0) is 56.4 Å². The molecule has 2 aromatic carbocycles. The van der Waals surface area contributed by atoms with E-state index in [4.69, 9.17) is 4.74 Å². The summed E-state index contributed by atoms with van der Waals surface area (Å²) in [5.41, 5.74) is 2.61. The molecule has 0 aliphatic heterocycles. The molecule has 0 bridgehead atoms. The number of nitrogens with zero attached hydrogens (tertiary/aromatic N) is 2. The second-order valence-electron chi connectivity index (χ2n) is 7.91. The molecule has 0 atom stereocenters. The Balaban J connectivity index is 1.89. The van der Waals surface area contributed by atoms with E-state index < -0.39 is 0 Å². The zero-order chi connectivity index (χ0) is 24.5. The highest BCUT2D eigenvalue weighted by atomic mass is 16.5. The molecule has 0 radical (unpaired) electrons. The van der Waals surface area contributed by atoms with E-state index >= 15 is 0 Å². The monoisotopic (exact) mass is 462 g/mol. The molecule has 7 heteroatoms. The summed E-state index contributed by atoms with van der Waals surface area (Å²) < 4.78 is 7.30. The highest BCUT2D eigenvalue weighted by molar-refractivity contribution is 6.06. The third-order valence-electron chi connectivity index (χ3n) is 5.91. The lowest BCUT2D eigenvalue weighted by Gasteiger charge is -2.18. The van der Waals surface area contributed by atoms with Crippen LogP contribution in [0.5, 0.6) is 5.75 Å². The van der Waals surface area contributed by atoms with Crippen LogP contribution in [0.2, 0.25) is 0 Å². The summed E-state index contributed by atoms with van der Waals surface area (Å²) in [5, 5.41) is 6.80. The van der Waals surface area contributed by atoms with E-state index in [0.717, 1.165) is 42.6 Å². The van der Waals surface area contributed by atoms with Crippen LogP contribution in [0.3, 0.4) is 0 Å². The topological polar surface area (TPSA) is 75.6 Å². The van der Waals surface area contributed by atoms with E-state index in [9.17, 15) is 9.59 Å². The molecule has 0 saturated heterocycles. The summed E-state index contributed by atoms with van der Waals surface area (Å²) in [4.78, 5) is 28.3. The van der Waals surface area contributed by atoms with Crippen LogP contribution in [0.1, 0.15) is 36.7 Å². The molecule has 3 aromatic rings. The van der Waals surface area contributed by atoms with Gasteiger partial charge in [-0.25, -0.2) is 0 Å². The van der Waals surface area contributed by atoms with Crippen LogP contribution in [0.15, 0.2) is 60.4 Å². The van der Waals surface area contributed by atoms with E-state index in [0.29, 0.717) is 17.9 Å². The van der Waals surface area contributed by atoms with Gasteiger partial charge in [-0.2, -0.15) is 0 Å². The number of carbonyl (C=O) groups excluding carboxylic acids is 2. The SMILES string of the molecule is CCN(CC)CCNC(=O)/C(=C/c1cn(CC)c2ccccc12)NC(=O)c1ccc(OC)cc1. The predicted molar refractivity (Wildman–Crippen MR) is 137 cm³/mol. The second-order valence-corrected chi connectivity index (χ2v) is 7.91. The number of amides is 2. The van der Waals surface area contributed by atoms with Gasteiger partial charge in [0.05, 0.1) is 7.11 Å². The normalized spacial score (nSPS) is 11.6. The van der Waals surface area contributed by atoms with Gasteiger partial charge in [0.1, 0.15) is 11.4 Å². The van der Waals surface area contributed by atoms with Crippen molar-refractivity contribution >= 4 is 28.8 Å². The zero-order valence-corrected chi connectivity index (χ0v) is 20.4. The van der Waals surface area contributed by atoms with Crippen molar-refractivity contribution in [1.29, 1.82) is 0 Å². The van der Waals surface area contributed by atoms with Crippen LogP contribution in [0.25, 0.3) is 17.0 Å². The van der Waals surface area contributed by atoms with Crippen molar-refractivity contribution in [2.75, 3.05) is 33.3 Å². The Morgan fingerprint density at radius 1 is 1.03 bits per heavy atom. The molecular formula is C27H34N4O3. The minimum Gasteiger partial charge on any atom is -0.497 e. The highest BCUT2D eigenvalue weighted by Crippen LogP contribution is 2.23. The number of aromatic nitrogens is 1. The number of ether oxygens (including phenoxy) is 1.